The number of aromatic amines is 1. The van der Waals surface area contributed by atoms with Crippen LogP contribution < -0.4 is 0 Å². The van der Waals surface area contributed by atoms with Crippen LogP contribution in [0.2, 0.25) is 0 Å². The van der Waals surface area contributed by atoms with Crippen LogP contribution in [-0.2, 0) is 0 Å². The molecule has 2 aliphatic carbocycles. The van der Waals surface area contributed by atoms with Crippen molar-refractivity contribution >= 4 is 54.7 Å². The molecule has 1 nitrogen and oxygen atoms in total. The van der Waals surface area contributed by atoms with Gasteiger partial charge in [-0.15, -0.1) is 0 Å². The van der Waals surface area contributed by atoms with Crippen molar-refractivity contribution in [3.8, 4) is 0 Å². The van der Waals surface area contributed by atoms with Gasteiger partial charge in [-0.3, -0.25) is 0 Å². The highest BCUT2D eigenvalue weighted by molar-refractivity contribution is 6.39. The number of rotatable bonds is 2. The maximum atomic E-state index is 3.79. The van der Waals surface area contributed by atoms with Crippen LogP contribution in [0.25, 0.3) is 54.7 Å². The lowest BCUT2D eigenvalue weighted by molar-refractivity contribution is 1.40. The summed E-state index contributed by atoms with van der Waals surface area (Å²) >= 11 is 0. The fourth-order valence-electron chi connectivity index (χ4n) is 6.91. The van der Waals surface area contributed by atoms with Crippen molar-refractivity contribution in [2.45, 2.75) is 0 Å². The van der Waals surface area contributed by atoms with Gasteiger partial charge >= 0.3 is 0 Å². The van der Waals surface area contributed by atoms with E-state index in [1.807, 2.05) is 0 Å². The molecule has 0 saturated heterocycles. The summed E-state index contributed by atoms with van der Waals surface area (Å²) in [5.74, 6) is 0. The SMILES string of the molecule is c1ccc(C2=C3C(=C(c4cc5ccccc5[nH]4)c4ccc5ccccc5c43)c3c2ccc2ccccc32)cc1. The lowest BCUT2D eigenvalue weighted by Gasteiger charge is -2.14. The van der Waals surface area contributed by atoms with E-state index in [-0.39, 0.29) is 0 Å². The van der Waals surface area contributed by atoms with Gasteiger partial charge in [0.05, 0.1) is 0 Å². The molecule has 0 saturated carbocycles. The van der Waals surface area contributed by atoms with Gasteiger partial charge < -0.3 is 4.98 Å². The number of hydrogen-bond acceptors (Lipinski definition) is 0. The molecule has 1 heterocycles. The predicted octanol–water partition coefficient (Wildman–Crippen LogP) is 9.72. The van der Waals surface area contributed by atoms with Crippen LogP contribution in [0.5, 0.6) is 0 Å². The smallest absolute Gasteiger partial charge is 0.0477 e. The van der Waals surface area contributed by atoms with Crippen molar-refractivity contribution in [3.05, 3.63) is 167 Å². The van der Waals surface area contributed by atoms with Crippen LogP contribution in [0.15, 0.2) is 133 Å². The number of allylic oxidation sites excluding steroid dienone is 2. The third-order valence-electron chi connectivity index (χ3n) is 8.51. The van der Waals surface area contributed by atoms with Crippen LogP contribution in [0.3, 0.4) is 0 Å². The standard InChI is InChI=1S/C38H23N/c1-2-12-25(13-3-1)33-29-20-18-23-10-4-7-15-27(23)34(29)38-36(32-22-26-14-6-9-17-31(26)39-32)30-21-19-24-11-5-8-16-28(24)35(30)37(33)38/h1-22,39H. The monoisotopic (exact) mass is 493 g/mol. The van der Waals surface area contributed by atoms with Gasteiger partial charge in [-0.05, 0) is 72.6 Å². The second-order valence-electron chi connectivity index (χ2n) is 10.6. The zero-order chi connectivity index (χ0) is 25.5. The van der Waals surface area contributed by atoms with E-state index in [1.165, 1.54) is 88.3 Å². The third-order valence-corrected chi connectivity index (χ3v) is 8.51. The van der Waals surface area contributed by atoms with E-state index in [4.69, 9.17) is 0 Å². The number of benzene rings is 6. The molecule has 0 bridgehead atoms. The lowest BCUT2D eigenvalue weighted by Crippen LogP contribution is -1.94. The van der Waals surface area contributed by atoms with Crippen molar-refractivity contribution in [3.63, 3.8) is 0 Å². The molecule has 1 aromatic heterocycles. The molecule has 0 unspecified atom stereocenters. The minimum Gasteiger partial charge on any atom is -0.354 e. The molecule has 6 aromatic carbocycles. The number of hydrogen-bond donors (Lipinski definition) is 1. The molecule has 0 amide bonds. The highest BCUT2D eigenvalue weighted by Crippen LogP contribution is 2.60. The highest BCUT2D eigenvalue weighted by Gasteiger charge is 2.39. The fraction of sp³-hybridized carbons (Fsp3) is 0. The van der Waals surface area contributed by atoms with Crippen LogP contribution in [0.4, 0.5) is 0 Å². The first-order valence-electron chi connectivity index (χ1n) is 13.5. The Hall–Kier alpha value is -5.14. The summed E-state index contributed by atoms with van der Waals surface area (Å²) in [5, 5.41) is 6.39. The topological polar surface area (TPSA) is 15.8 Å². The van der Waals surface area contributed by atoms with E-state index in [2.05, 4.69) is 138 Å². The summed E-state index contributed by atoms with van der Waals surface area (Å²) in [6.45, 7) is 0. The number of aromatic nitrogens is 1. The zero-order valence-corrected chi connectivity index (χ0v) is 21.2. The van der Waals surface area contributed by atoms with Crippen molar-refractivity contribution in [1.29, 1.82) is 0 Å². The predicted molar refractivity (Wildman–Crippen MR) is 164 cm³/mol. The maximum absolute atomic E-state index is 3.79. The molecular formula is C38H23N. The van der Waals surface area contributed by atoms with E-state index < -0.39 is 0 Å². The molecule has 0 spiro atoms. The summed E-state index contributed by atoms with van der Waals surface area (Å²) in [4.78, 5) is 3.79. The Morgan fingerprint density at radius 3 is 1.59 bits per heavy atom. The number of fused-ring (bicyclic) bond motifs is 10. The highest BCUT2D eigenvalue weighted by atomic mass is 14.7. The summed E-state index contributed by atoms with van der Waals surface area (Å²) < 4.78 is 0. The minimum absolute atomic E-state index is 1.17. The zero-order valence-electron chi connectivity index (χ0n) is 21.2. The Morgan fingerprint density at radius 1 is 0.385 bits per heavy atom. The van der Waals surface area contributed by atoms with E-state index in [0.29, 0.717) is 0 Å². The van der Waals surface area contributed by atoms with Gasteiger partial charge in [-0.2, -0.15) is 0 Å². The van der Waals surface area contributed by atoms with Gasteiger partial charge in [0.1, 0.15) is 0 Å². The molecule has 1 N–H and O–H groups in total. The van der Waals surface area contributed by atoms with Crippen molar-refractivity contribution in [2.24, 2.45) is 0 Å². The summed E-state index contributed by atoms with van der Waals surface area (Å²) in [7, 11) is 0. The van der Waals surface area contributed by atoms with Crippen LogP contribution in [0.1, 0.15) is 33.5 Å². The average molecular weight is 494 g/mol. The normalized spacial score (nSPS) is 13.9. The number of H-pyrrole nitrogens is 1. The second-order valence-corrected chi connectivity index (χ2v) is 10.6. The Labute approximate surface area is 226 Å². The first kappa shape index (κ1) is 20.9. The van der Waals surface area contributed by atoms with Gasteiger partial charge in [0, 0.05) is 27.7 Å². The van der Waals surface area contributed by atoms with E-state index in [0.717, 1.165) is 0 Å². The molecule has 180 valence electrons. The average Bonchev–Trinajstić information content (AvgIpc) is 3.67. The van der Waals surface area contributed by atoms with Crippen molar-refractivity contribution in [1.82, 2.24) is 4.98 Å². The first-order valence-corrected chi connectivity index (χ1v) is 13.5. The number of para-hydroxylation sites is 1. The molecule has 2 aliphatic rings. The molecule has 0 radical (unpaired) electrons. The van der Waals surface area contributed by atoms with Crippen LogP contribution in [0, 0.1) is 0 Å². The quantitative estimate of drug-likeness (QED) is 0.247. The molecule has 0 aliphatic heterocycles. The fourth-order valence-corrected chi connectivity index (χ4v) is 6.91. The largest absolute Gasteiger partial charge is 0.354 e. The first-order chi connectivity index (χ1) is 19.4. The van der Waals surface area contributed by atoms with Gasteiger partial charge in [0.2, 0.25) is 0 Å². The Morgan fingerprint density at radius 2 is 0.923 bits per heavy atom. The Bertz CT molecular complexity index is 2170. The molecule has 0 atom stereocenters. The van der Waals surface area contributed by atoms with E-state index in [9.17, 15) is 0 Å². The van der Waals surface area contributed by atoms with Crippen molar-refractivity contribution < 1.29 is 0 Å². The lowest BCUT2D eigenvalue weighted by atomic mass is 9.89. The molecule has 1 heteroatoms. The summed E-state index contributed by atoms with van der Waals surface area (Å²) in [5.41, 5.74) is 14.2. The van der Waals surface area contributed by atoms with Crippen LogP contribution in [-0.4, -0.2) is 4.98 Å². The third kappa shape index (κ3) is 2.79. The summed E-state index contributed by atoms with van der Waals surface area (Å²) in [6.07, 6.45) is 0. The maximum Gasteiger partial charge on any atom is 0.0477 e. The molecule has 7 aromatic rings. The molecule has 9 rings (SSSR count). The molecule has 39 heavy (non-hydrogen) atoms. The Balaban J connectivity index is 1.52. The van der Waals surface area contributed by atoms with E-state index >= 15 is 0 Å². The van der Waals surface area contributed by atoms with Gasteiger partial charge in [0.25, 0.3) is 0 Å². The van der Waals surface area contributed by atoms with Crippen molar-refractivity contribution in [2.75, 3.05) is 0 Å². The molecule has 0 fully saturated rings. The Kier molecular flexibility index (Phi) is 4.11. The van der Waals surface area contributed by atoms with Gasteiger partial charge in [-0.25, -0.2) is 0 Å². The second kappa shape index (κ2) is 7.69. The number of nitrogens with one attached hydrogen (secondary N) is 1. The van der Waals surface area contributed by atoms with Gasteiger partial charge in [-0.1, -0.05) is 121 Å². The van der Waals surface area contributed by atoms with Gasteiger partial charge in [0.15, 0.2) is 0 Å². The summed E-state index contributed by atoms with van der Waals surface area (Å²) in [6, 6.07) is 48.8. The molecular weight excluding hydrogens is 470 g/mol. The van der Waals surface area contributed by atoms with E-state index in [1.54, 1.807) is 0 Å². The minimum atomic E-state index is 1.17. The van der Waals surface area contributed by atoms with Crippen LogP contribution >= 0.6 is 0 Å².